The minimum absolute atomic E-state index is 0. The maximum absolute atomic E-state index is 13.8. The summed E-state index contributed by atoms with van der Waals surface area (Å²) in [5.41, 5.74) is -0.0712. The van der Waals surface area contributed by atoms with E-state index in [9.17, 15) is 18.4 Å². The van der Waals surface area contributed by atoms with Gasteiger partial charge in [0.05, 0.1) is 18.6 Å². The number of carbonyl (C=O) groups excluding carboxylic acids is 2. The summed E-state index contributed by atoms with van der Waals surface area (Å²) in [5, 5.41) is 9.44. The molecule has 2 atom stereocenters. The van der Waals surface area contributed by atoms with Gasteiger partial charge in [-0.3, -0.25) is 9.59 Å². The molecule has 27 heavy (non-hydrogen) atoms. The Hall–Kier alpha value is -2.52. The van der Waals surface area contributed by atoms with Crippen LogP contribution in [0.25, 0.3) is 11.3 Å². The lowest BCUT2D eigenvalue weighted by molar-refractivity contribution is -0.146. The van der Waals surface area contributed by atoms with Gasteiger partial charge in [0.2, 0.25) is 0 Å². The van der Waals surface area contributed by atoms with Gasteiger partial charge in [-0.15, -0.1) is 12.4 Å². The van der Waals surface area contributed by atoms with Crippen molar-refractivity contribution in [3.05, 3.63) is 41.6 Å². The monoisotopic (exact) mass is 401 g/mol. The maximum atomic E-state index is 13.8. The van der Waals surface area contributed by atoms with Crippen LogP contribution in [0, 0.1) is 17.6 Å². The van der Waals surface area contributed by atoms with E-state index in [0.717, 1.165) is 6.07 Å². The highest BCUT2D eigenvalue weighted by Gasteiger charge is 2.33. The van der Waals surface area contributed by atoms with Crippen LogP contribution >= 0.6 is 12.4 Å². The van der Waals surface area contributed by atoms with E-state index in [-0.39, 0.29) is 29.4 Å². The van der Waals surface area contributed by atoms with E-state index >= 15 is 0 Å². The zero-order valence-electron chi connectivity index (χ0n) is 14.3. The molecule has 1 amide bonds. The second kappa shape index (κ2) is 8.92. The number of rotatable bonds is 4. The van der Waals surface area contributed by atoms with Gasteiger partial charge in [-0.25, -0.2) is 8.78 Å². The standard InChI is InChI=1S/C17H17F2N3O4.ClH/c1-25-17(24)11-8-20-5-4-13(11)21-16(23)14-7-15(26-22-14)10-3-2-9(18)6-12(10)19;/h2-3,6-7,11,13,20H,4-5,8H2,1H3,(H,21,23);1H/t11-,13-;/m0./s1. The number of aromatic nitrogens is 1. The summed E-state index contributed by atoms with van der Waals surface area (Å²) in [6, 6.07) is 3.84. The van der Waals surface area contributed by atoms with Crippen LogP contribution in [0.2, 0.25) is 0 Å². The fraction of sp³-hybridized carbons (Fsp3) is 0.353. The Morgan fingerprint density at radius 2 is 2.11 bits per heavy atom. The molecule has 0 saturated carbocycles. The van der Waals surface area contributed by atoms with E-state index in [2.05, 4.69) is 15.8 Å². The number of esters is 1. The molecule has 146 valence electrons. The summed E-state index contributed by atoms with van der Waals surface area (Å²) >= 11 is 0. The van der Waals surface area contributed by atoms with E-state index in [1.54, 1.807) is 0 Å². The van der Waals surface area contributed by atoms with Crippen LogP contribution in [0.4, 0.5) is 8.78 Å². The lowest BCUT2D eigenvalue weighted by atomic mass is 9.93. The van der Waals surface area contributed by atoms with E-state index < -0.39 is 35.5 Å². The van der Waals surface area contributed by atoms with Gasteiger partial charge in [0, 0.05) is 24.7 Å². The molecule has 0 unspecified atom stereocenters. The van der Waals surface area contributed by atoms with E-state index in [1.807, 2.05) is 0 Å². The number of amides is 1. The van der Waals surface area contributed by atoms with Crippen LogP contribution in [0.15, 0.2) is 28.8 Å². The lowest BCUT2D eigenvalue weighted by Gasteiger charge is -2.30. The molecule has 0 bridgehead atoms. The minimum Gasteiger partial charge on any atom is -0.469 e. The molecule has 10 heteroatoms. The highest BCUT2D eigenvalue weighted by Crippen LogP contribution is 2.24. The SMILES string of the molecule is COC(=O)[C@H]1CNCC[C@@H]1NC(=O)c1cc(-c2ccc(F)cc2F)on1.Cl. The maximum Gasteiger partial charge on any atom is 0.312 e. The summed E-state index contributed by atoms with van der Waals surface area (Å²) in [4.78, 5) is 24.2. The van der Waals surface area contributed by atoms with Crippen LogP contribution in [0.3, 0.4) is 0 Å². The van der Waals surface area contributed by atoms with Gasteiger partial charge in [-0.2, -0.15) is 0 Å². The van der Waals surface area contributed by atoms with E-state index in [4.69, 9.17) is 9.26 Å². The molecule has 2 N–H and O–H groups in total. The Balaban J connectivity index is 0.00000261. The molecule has 1 aliphatic rings. The summed E-state index contributed by atoms with van der Waals surface area (Å²) in [6.07, 6.45) is 0.544. The van der Waals surface area contributed by atoms with Gasteiger partial charge in [-0.05, 0) is 25.1 Å². The number of nitrogens with one attached hydrogen (secondary N) is 2. The van der Waals surface area contributed by atoms with Gasteiger partial charge in [0.25, 0.3) is 5.91 Å². The predicted octanol–water partition coefficient (Wildman–Crippen LogP) is 1.92. The van der Waals surface area contributed by atoms with Gasteiger partial charge < -0.3 is 19.9 Å². The molecular weight excluding hydrogens is 384 g/mol. The van der Waals surface area contributed by atoms with Crippen molar-refractivity contribution in [2.45, 2.75) is 12.5 Å². The van der Waals surface area contributed by atoms with Crippen LogP contribution < -0.4 is 10.6 Å². The highest BCUT2D eigenvalue weighted by atomic mass is 35.5. The Morgan fingerprint density at radius 3 is 2.81 bits per heavy atom. The fourth-order valence-corrected chi connectivity index (χ4v) is 2.87. The number of piperidine rings is 1. The largest absolute Gasteiger partial charge is 0.469 e. The zero-order valence-corrected chi connectivity index (χ0v) is 15.1. The smallest absolute Gasteiger partial charge is 0.312 e. The molecule has 3 rings (SSSR count). The number of halogens is 3. The molecule has 1 aromatic heterocycles. The van der Waals surface area contributed by atoms with Gasteiger partial charge in [-0.1, -0.05) is 5.16 Å². The van der Waals surface area contributed by atoms with E-state index in [1.165, 1.54) is 19.2 Å². The van der Waals surface area contributed by atoms with Crippen molar-refractivity contribution in [1.82, 2.24) is 15.8 Å². The van der Waals surface area contributed by atoms with Crippen molar-refractivity contribution in [3.63, 3.8) is 0 Å². The van der Waals surface area contributed by atoms with Crippen LogP contribution in [-0.2, 0) is 9.53 Å². The molecule has 1 saturated heterocycles. The second-order valence-electron chi connectivity index (χ2n) is 5.90. The predicted molar refractivity (Wildman–Crippen MR) is 93.3 cm³/mol. The van der Waals surface area contributed by atoms with Crippen LogP contribution in [0.5, 0.6) is 0 Å². The number of methoxy groups -OCH3 is 1. The molecule has 0 aliphatic carbocycles. The van der Waals surface area contributed by atoms with Crippen molar-refractivity contribution in [2.75, 3.05) is 20.2 Å². The Kier molecular flexibility index (Phi) is 6.86. The zero-order chi connectivity index (χ0) is 18.7. The van der Waals surface area contributed by atoms with Crippen molar-refractivity contribution in [1.29, 1.82) is 0 Å². The van der Waals surface area contributed by atoms with Gasteiger partial charge >= 0.3 is 5.97 Å². The number of benzene rings is 1. The first kappa shape index (κ1) is 20.8. The Bertz CT molecular complexity index is 830. The average molecular weight is 402 g/mol. The first-order valence-electron chi connectivity index (χ1n) is 8.01. The minimum atomic E-state index is -0.822. The van der Waals surface area contributed by atoms with Gasteiger partial charge in [0.15, 0.2) is 11.5 Å². The number of carbonyl (C=O) groups is 2. The summed E-state index contributed by atoms with van der Waals surface area (Å²) in [6.45, 7) is 1.03. The van der Waals surface area contributed by atoms with Gasteiger partial charge in [0.1, 0.15) is 11.6 Å². The quantitative estimate of drug-likeness (QED) is 0.760. The number of hydrogen-bond acceptors (Lipinski definition) is 6. The summed E-state index contributed by atoms with van der Waals surface area (Å²) in [5.74, 6) is -3.03. The lowest BCUT2D eigenvalue weighted by Crippen LogP contribution is -2.52. The average Bonchev–Trinajstić information content (AvgIpc) is 3.11. The third-order valence-corrected chi connectivity index (χ3v) is 4.24. The molecule has 2 aromatic rings. The Labute approximate surface area is 159 Å². The highest BCUT2D eigenvalue weighted by molar-refractivity contribution is 5.93. The first-order chi connectivity index (χ1) is 12.5. The van der Waals surface area contributed by atoms with Crippen LogP contribution in [0.1, 0.15) is 16.9 Å². The topological polar surface area (TPSA) is 93.5 Å². The molecule has 0 spiro atoms. The van der Waals surface area contributed by atoms with Crippen molar-refractivity contribution in [3.8, 4) is 11.3 Å². The van der Waals surface area contributed by atoms with Crippen molar-refractivity contribution in [2.24, 2.45) is 5.92 Å². The Morgan fingerprint density at radius 1 is 1.33 bits per heavy atom. The molecule has 1 fully saturated rings. The summed E-state index contributed by atoms with van der Waals surface area (Å²) in [7, 11) is 1.29. The third kappa shape index (κ3) is 4.61. The fourth-order valence-electron chi connectivity index (χ4n) is 2.87. The summed E-state index contributed by atoms with van der Waals surface area (Å²) < 4.78 is 36.6. The number of hydrogen-bond donors (Lipinski definition) is 2. The van der Waals surface area contributed by atoms with Crippen molar-refractivity contribution >= 4 is 24.3 Å². The second-order valence-corrected chi connectivity index (χ2v) is 5.90. The molecular formula is C17H18ClF2N3O4. The molecule has 7 nitrogen and oxygen atoms in total. The first-order valence-corrected chi connectivity index (χ1v) is 8.01. The molecule has 2 heterocycles. The number of nitrogens with zero attached hydrogens (tertiary/aromatic N) is 1. The molecule has 0 radical (unpaired) electrons. The van der Waals surface area contributed by atoms with Crippen molar-refractivity contribution < 1.29 is 27.6 Å². The number of ether oxygens (including phenoxy) is 1. The molecule has 1 aliphatic heterocycles. The molecule has 1 aromatic carbocycles. The van der Waals surface area contributed by atoms with E-state index in [0.29, 0.717) is 25.6 Å². The van der Waals surface area contributed by atoms with Crippen LogP contribution in [-0.4, -0.2) is 43.3 Å². The normalized spacial score (nSPS) is 19.1. The third-order valence-electron chi connectivity index (χ3n) is 4.24.